The minimum Gasteiger partial charge on any atom is -0.366 e. The molecule has 0 atom stereocenters. The summed E-state index contributed by atoms with van der Waals surface area (Å²) in [4.78, 5) is 26.2. The van der Waals surface area contributed by atoms with Crippen LogP contribution >= 0.6 is 11.6 Å². The number of likely N-dealkylation sites (N-methyl/N-ethyl adjacent to an activating group) is 1. The number of aromatic amines is 1. The number of H-pyrrole nitrogens is 1. The zero-order valence-electron chi connectivity index (χ0n) is 15.0. The van der Waals surface area contributed by atoms with Gasteiger partial charge < -0.3 is 15.2 Å². The maximum Gasteiger partial charge on any atom is 0.253 e. The van der Waals surface area contributed by atoms with Crippen LogP contribution in [-0.4, -0.2) is 33.4 Å². The molecule has 7 heteroatoms. The number of hydrogen-bond donors (Lipinski definition) is 2. The van der Waals surface area contributed by atoms with Gasteiger partial charge in [-0.25, -0.2) is 9.97 Å². The van der Waals surface area contributed by atoms with Crippen LogP contribution < -0.4 is 10.9 Å². The molecule has 0 saturated heterocycles. The number of halogens is 1. The van der Waals surface area contributed by atoms with Crippen LogP contribution in [-0.2, 0) is 19.5 Å². The Morgan fingerprint density at radius 1 is 1.26 bits per heavy atom. The van der Waals surface area contributed by atoms with Gasteiger partial charge in [0.2, 0.25) is 0 Å². The third kappa shape index (κ3) is 4.02. The summed E-state index contributed by atoms with van der Waals surface area (Å²) in [6.45, 7) is 2.22. The fourth-order valence-corrected chi connectivity index (χ4v) is 3.46. The molecule has 4 rings (SSSR count). The first-order chi connectivity index (χ1) is 13.1. The highest BCUT2D eigenvalue weighted by molar-refractivity contribution is 6.30. The highest BCUT2D eigenvalue weighted by Gasteiger charge is 2.15. The second-order valence-electron chi connectivity index (χ2n) is 6.77. The third-order valence-corrected chi connectivity index (χ3v) is 4.96. The molecule has 0 fully saturated rings. The summed E-state index contributed by atoms with van der Waals surface area (Å²) >= 11 is 6.06. The van der Waals surface area contributed by atoms with Gasteiger partial charge in [0.1, 0.15) is 12.1 Å². The van der Waals surface area contributed by atoms with E-state index in [2.05, 4.69) is 32.2 Å². The van der Waals surface area contributed by atoms with Crippen molar-refractivity contribution in [1.82, 2.24) is 19.9 Å². The molecule has 1 aromatic carbocycles. The smallest absolute Gasteiger partial charge is 0.253 e. The maximum absolute atomic E-state index is 12.4. The maximum atomic E-state index is 12.4. The van der Waals surface area contributed by atoms with Gasteiger partial charge in [0.25, 0.3) is 5.56 Å². The normalized spacial score (nSPS) is 14.0. The van der Waals surface area contributed by atoms with Crippen molar-refractivity contribution in [3.8, 4) is 11.3 Å². The lowest BCUT2D eigenvalue weighted by molar-refractivity contribution is 0.309. The molecule has 0 saturated carbocycles. The zero-order chi connectivity index (χ0) is 18.8. The van der Waals surface area contributed by atoms with Gasteiger partial charge in [0.05, 0.1) is 5.69 Å². The predicted octanol–water partition coefficient (Wildman–Crippen LogP) is 3.09. The van der Waals surface area contributed by atoms with E-state index in [-0.39, 0.29) is 5.56 Å². The van der Waals surface area contributed by atoms with E-state index in [9.17, 15) is 4.79 Å². The molecule has 138 valence electrons. The lowest BCUT2D eigenvalue weighted by atomic mass is 10.0. The van der Waals surface area contributed by atoms with E-state index in [1.54, 1.807) is 0 Å². The van der Waals surface area contributed by atoms with Crippen LogP contribution in [0.3, 0.4) is 0 Å². The summed E-state index contributed by atoms with van der Waals surface area (Å²) in [7, 11) is 2.09. The summed E-state index contributed by atoms with van der Waals surface area (Å²) in [6.07, 6.45) is 2.38. The van der Waals surface area contributed by atoms with Crippen LogP contribution in [0, 0.1) is 0 Å². The number of hydrogen-bond acceptors (Lipinski definition) is 5. The van der Waals surface area contributed by atoms with Gasteiger partial charge >= 0.3 is 0 Å². The highest BCUT2D eigenvalue weighted by Crippen LogP contribution is 2.22. The molecule has 1 aliphatic heterocycles. The molecule has 3 heterocycles. The van der Waals surface area contributed by atoms with Gasteiger partial charge in [-0.1, -0.05) is 23.7 Å². The van der Waals surface area contributed by atoms with Crippen molar-refractivity contribution >= 4 is 17.4 Å². The Bertz CT molecular complexity index is 1030. The van der Waals surface area contributed by atoms with Gasteiger partial charge in [0, 0.05) is 54.0 Å². The van der Waals surface area contributed by atoms with E-state index in [1.807, 2.05) is 36.4 Å². The lowest BCUT2D eigenvalue weighted by Gasteiger charge is -2.24. The fraction of sp³-hybridized carbons (Fsp3) is 0.250. The number of rotatable bonds is 4. The molecular weight excluding hydrogens is 362 g/mol. The Morgan fingerprint density at radius 3 is 3.00 bits per heavy atom. The van der Waals surface area contributed by atoms with E-state index < -0.39 is 0 Å². The van der Waals surface area contributed by atoms with Crippen molar-refractivity contribution in [1.29, 1.82) is 0 Å². The Labute approximate surface area is 162 Å². The quantitative estimate of drug-likeness (QED) is 0.726. The molecule has 3 aromatic rings. The monoisotopic (exact) mass is 381 g/mol. The van der Waals surface area contributed by atoms with Crippen molar-refractivity contribution in [2.24, 2.45) is 0 Å². The first-order valence-corrected chi connectivity index (χ1v) is 9.20. The molecule has 0 unspecified atom stereocenters. The molecule has 27 heavy (non-hydrogen) atoms. The molecule has 0 spiro atoms. The standard InChI is InChI=1S/C20H20ClN5O/c1-26-6-5-17-15(11-26)7-14(20(27)25-17)10-22-19-9-18(23-12-24-19)13-3-2-4-16(21)8-13/h2-4,7-9,12H,5-6,10-11H2,1H3,(H,25,27)(H,22,23,24). The molecule has 6 nitrogen and oxygen atoms in total. The van der Waals surface area contributed by atoms with Crippen LogP contribution in [0.2, 0.25) is 5.02 Å². The second kappa shape index (κ2) is 7.50. The molecule has 2 aromatic heterocycles. The van der Waals surface area contributed by atoms with Crippen LogP contribution in [0.25, 0.3) is 11.3 Å². The summed E-state index contributed by atoms with van der Waals surface area (Å²) in [5, 5.41) is 3.89. The number of fused-ring (bicyclic) bond motifs is 1. The fourth-order valence-electron chi connectivity index (χ4n) is 3.27. The largest absolute Gasteiger partial charge is 0.366 e. The van der Waals surface area contributed by atoms with E-state index in [4.69, 9.17) is 11.6 Å². The summed E-state index contributed by atoms with van der Waals surface area (Å²) in [6, 6.07) is 11.4. The molecule has 0 bridgehead atoms. The number of aromatic nitrogens is 3. The number of nitrogens with zero attached hydrogens (tertiary/aromatic N) is 3. The van der Waals surface area contributed by atoms with Gasteiger partial charge in [0.15, 0.2) is 0 Å². The van der Waals surface area contributed by atoms with Crippen molar-refractivity contribution in [3.63, 3.8) is 0 Å². The molecular formula is C20H20ClN5O. The van der Waals surface area contributed by atoms with Crippen LogP contribution in [0.5, 0.6) is 0 Å². The van der Waals surface area contributed by atoms with Crippen LogP contribution in [0.4, 0.5) is 5.82 Å². The summed E-state index contributed by atoms with van der Waals surface area (Å²) < 4.78 is 0. The number of anilines is 1. The predicted molar refractivity (Wildman–Crippen MR) is 107 cm³/mol. The van der Waals surface area contributed by atoms with Crippen molar-refractivity contribution in [3.05, 3.63) is 74.9 Å². The van der Waals surface area contributed by atoms with E-state index >= 15 is 0 Å². The lowest BCUT2D eigenvalue weighted by Crippen LogP contribution is -2.30. The Kier molecular flexibility index (Phi) is 4.92. The molecule has 1 aliphatic rings. The van der Waals surface area contributed by atoms with Crippen LogP contribution in [0.15, 0.2) is 47.5 Å². The van der Waals surface area contributed by atoms with E-state index in [1.165, 1.54) is 11.9 Å². The van der Waals surface area contributed by atoms with E-state index in [0.717, 1.165) is 36.5 Å². The van der Waals surface area contributed by atoms with Gasteiger partial charge in [-0.2, -0.15) is 0 Å². The second-order valence-corrected chi connectivity index (χ2v) is 7.20. The Balaban J connectivity index is 1.53. The van der Waals surface area contributed by atoms with E-state index in [0.29, 0.717) is 22.9 Å². The minimum absolute atomic E-state index is 0.0464. The van der Waals surface area contributed by atoms with Crippen molar-refractivity contribution in [2.45, 2.75) is 19.5 Å². The Hall–Kier alpha value is -2.70. The SMILES string of the molecule is CN1CCc2[nH]c(=O)c(CNc3cc(-c4cccc(Cl)c4)ncn3)cc2C1. The van der Waals surface area contributed by atoms with Gasteiger partial charge in [-0.05, 0) is 30.8 Å². The summed E-state index contributed by atoms with van der Waals surface area (Å²) in [5.41, 5.74) is 4.58. The first kappa shape index (κ1) is 17.7. The first-order valence-electron chi connectivity index (χ1n) is 8.83. The topological polar surface area (TPSA) is 73.9 Å². The summed E-state index contributed by atoms with van der Waals surface area (Å²) in [5.74, 6) is 0.661. The average molecular weight is 382 g/mol. The molecule has 0 amide bonds. The third-order valence-electron chi connectivity index (χ3n) is 4.72. The minimum atomic E-state index is -0.0464. The van der Waals surface area contributed by atoms with Crippen LogP contribution in [0.1, 0.15) is 16.8 Å². The van der Waals surface area contributed by atoms with Gasteiger partial charge in [-0.15, -0.1) is 0 Å². The van der Waals surface area contributed by atoms with Crippen molar-refractivity contribution in [2.75, 3.05) is 18.9 Å². The van der Waals surface area contributed by atoms with Crippen molar-refractivity contribution < 1.29 is 0 Å². The highest BCUT2D eigenvalue weighted by atomic mass is 35.5. The van der Waals surface area contributed by atoms with Gasteiger partial charge in [-0.3, -0.25) is 4.79 Å². The Morgan fingerprint density at radius 2 is 2.15 bits per heavy atom. The number of nitrogens with one attached hydrogen (secondary N) is 2. The average Bonchev–Trinajstić information content (AvgIpc) is 2.67. The molecule has 0 radical (unpaired) electrons. The number of benzene rings is 1. The molecule has 0 aliphatic carbocycles. The number of pyridine rings is 1. The zero-order valence-corrected chi connectivity index (χ0v) is 15.8. The molecule has 2 N–H and O–H groups in total.